The fourth-order valence-electron chi connectivity index (χ4n) is 4.30. The van der Waals surface area contributed by atoms with Crippen molar-refractivity contribution in [1.82, 2.24) is 15.0 Å². The molecule has 0 N–H and O–H groups in total. The third-order valence-electron chi connectivity index (χ3n) is 5.90. The van der Waals surface area contributed by atoms with Gasteiger partial charge >= 0.3 is 0 Å². The van der Waals surface area contributed by atoms with Crippen molar-refractivity contribution >= 4 is 34.7 Å². The van der Waals surface area contributed by atoms with E-state index in [1.165, 1.54) is 0 Å². The van der Waals surface area contributed by atoms with Gasteiger partial charge in [0.2, 0.25) is 0 Å². The van der Waals surface area contributed by atoms with E-state index in [1.54, 1.807) is 24.5 Å². The molecule has 156 valence electrons. The Morgan fingerprint density at radius 3 is 2.77 bits per heavy atom. The highest BCUT2D eigenvalue weighted by Gasteiger charge is 2.32. The highest BCUT2D eigenvalue weighted by molar-refractivity contribution is 6.31. The van der Waals surface area contributed by atoms with E-state index in [-0.39, 0.29) is 5.92 Å². The summed E-state index contributed by atoms with van der Waals surface area (Å²) in [5.74, 6) is 1.40. The van der Waals surface area contributed by atoms with E-state index in [9.17, 15) is 4.79 Å². The number of hydrogen-bond acceptors (Lipinski definition) is 6. The predicted octanol–water partition coefficient (Wildman–Crippen LogP) is 5.52. The lowest BCUT2D eigenvalue weighted by Crippen LogP contribution is -2.41. The summed E-state index contributed by atoms with van der Waals surface area (Å²) in [4.78, 5) is 27.7. The van der Waals surface area contributed by atoms with Crippen LogP contribution in [-0.2, 0) is 0 Å². The number of fused-ring (bicyclic) bond motifs is 1. The molecule has 0 bridgehead atoms. The molecule has 31 heavy (non-hydrogen) atoms. The number of hydrogen-bond donors (Lipinski definition) is 0. The quantitative estimate of drug-likeness (QED) is 0.395. The Labute approximate surface area is 184 Å². The van der Waals surface area contributed by atoms with Gasteiger partial charge in [-0.05, 0) is 50.1 Å². The molecule has 2 aromatic carbocycles. The van der Waals surface area contributed by atoms with Crippen molar-refractivity contribution in [2.24, 2.45) is 0 Å². The first-order chi connectivity index (χ1) is 15.1. The topological polar surface area (TPSA) is 72.1 Å². The van der Waals surface area contributed by atoms with Crippen LogP contribution in [0.25, 0.3) is 22.5 Å². The summed E-state index contributed by atoms with van der Waals surface area (Å²) >= 11 is 6.11. The third-order valence-corrected chi connectivity index (χ3v) is 6.13. The van der Waals surface area contributed by atoms with E-state index in [2.05, 4.69) is 21.8 Å². The van der Waals surface area contributed by atoms with Gasteiger partial charge in [0.1, 0.15) is 5.52 Å². The van der Waals surface area contributed by atoms with Gasteiger partial charge in [0, 0.05) is 41.3 Å². The monoisotopic (exact) mass is 432 g/mol. The van der Waals surface area contributed by atoms with Gasteiger partial charge in [0.15, 0.2) is 23.6 Å². The first-order valence-electron chi connectivity index (χ1n) is 10.3. The number of benzene rings is 2. The molecule has 1 aliphatic rings. The van der Waals surface area contributed by atoms with Gasteiger partial charge in [-0.25, -0.2) is 15.0 Å². The normalized spacial score (nSPS) is 19.0. The van der Waals surface area contributed by atoms with Crippen LogP contribution >= 0.6 is 11.6 Å². The standard InChI is InChI=1S/C24H21ClN4O2/c1-15-6-7-16(24-28-19-12-18(25)8-9-21(19)31-24)13-29(15)20-5-2-4-17(14-30)22(20)23-26-10-3-11-27-23/h2-5,8-12,14-16H,6-7,13H2,1H3/t15-,16-/m1/s1. The summed E-state index contributed by atoms with van der Waals surface area (Å²) < 4.78 is 6.06. The molecule has 3 heterocycles. The second kappa shape index (κ2) is 8.12. The molecule has 0 unspecified atom stereocenters. The Kier molecular flexibility index (Phi) is 5.16. The van der Waals surface area contributed by atoms with E-state index in [4.69, 9.17) is 21.0 Å². The van der Waals surface area contributed by atoms with E-state index in [0.717, 1.165) is 53.9 Å². The van der Waals surface area contributed by atoms with Crippen LogP contribution in [0.5, 0.6) is 0 Å². The molecule has 4 aromatic rings. The largest absolute Gasteiger partial charge is 0.440 e. The van der Waals surface area contributed by atoms with Crippen molar-refractivity contribution in [3.63, 3.8) is 0 Å². The van der Waals surface area contributed by atoms with Crippen LogP contribution in [0, 0.1) is 0 Å². The third kappa shape index (κ3) is 3.68. The highest BCUT2D eigenvalue weighted by Crippen LogP contribution is 2.39. The number of oxazole rings is 1. The van der Waals surface area contributed by atoms with Gasteiger partial charge in [-0.2, -0.15) is 0 Å². The second-order valence-electron chi connectivity index (χ2n) is 7.87. The maximum absolute atomic E-state index is 11.8. The summed E-state index contributed by atoms with van der Waals surface area (Å²) in [6.07, 6.45) is 6.21. The van der Waals surface area contributed by atoms with Crippen LogP contribution in [0.1, 0.15) is 41.9 Å². The number of aldehydes is 1. The minimum Gasteiger partial charge on any atom is -0.440 e. The Bertz CT molecular complexity index is 1240. The fourth-order valence-corrected chi connectivity index (χ4v) is 4.47. The van der Waals surface area contributed by atoms with E-state index in [1.807, 2.05) is 30.3 Å². The van der Waals surface area contributed by atoms with Crippen molar-refractivity contribution in [2.75, 3.05) is 11.4 Å². The summed E-state index contributed by atoms with van der Waals surface area (Å²) in [7, 11) is 0. The fraction of sp³-hybridized carbons (Fsp3) is 0.250. The Hall–Kier alpha value is -3.25. The Morgan fingerprint density at radius 1 is 1.13 bits per heavy atom. The van der Waals surface area contributed by atoms with Gasteiger partial charge in [-0.15, -0.1) is 0 Å². The number of rotatable bonds is 4. The molecular weight excluding hydrogens is 412 g/mol. The molecular formula is C24H21ClN4O2. The lowest BCUT2D eigenvalue weighted by atomic mass is 9.91. The minimum atomic E-state index is 0.131. The van der Waals surface area contributed by atoms with Crippen LogP contribution < -0.4 is 4.90 Å². The highest BCUT2D eigenvalue weighted by atomic mass is 35.5. The lowest BCUT2D eigenvalue weighted by molar-refractivity contribution is 0.112. The molecule has 0 aliphatic carbocycles. The average Bonchev–Trinajstić information content (AvgIpc) is 3.22. The predicted molar refractivity (Wildman–Crippen MR) is 121 cm³/mol. The number of carbonyl (C=O) groups is 1. The summed E-state index contributed by atoms with van der Waals surface area (Å²) in [6, 6.07) is 13.3. The zero-order valence-corrected chi connectivity index (χ0v) is 17.8. The van der Waals surface area contributed by atoms with E-state index in [0.29, 0.717) is 22.5 Å². The molecule has 0 spiro atoms. The number of halogens is 1. The van der Waals surface area contributed by atoms with Crippen LogP contribution in [0.15, 0.2) is 59.3 Å². The van der Waals surface area contributed by atoms with Gasteiger partial charge in [-0.3, -0.25) is 4.79 Å². The first kappa shape index (κ1) is 19.7. The molecule has 1 saturated heterocycles. The maximum Gasteiger partial charge on any atom is 0.200 e. The molecule has 2 aromatic heterocycles. The molecule has 0 amide bonds. The molecule has 2 atom stereocenters. The lowest BCUT2D eigenvalue weighted by Gasteiger charge is -2.39. The van der Waals surface area contributed by atoms with Gasteiger partial charge in [-0.1, -0.05) is 23.7 Å². The van der Waals surface area contributed by atoms with Crippen molar-refractivity contribution in [3.8, 4) is 11.4 Å². The summed E-state index contributed by atoms with van der Waals surface area (Å²) in [5, 5.41) is 0.643. The van der Waals surface area contributed by atoms with Crippen molar-refractivity contribution in [2.45, 2.75) is 31.7 Å². The smallest absolute Gasteiger partial charge is 0.200 e. The molecule has 0 saturated carbocycles. The Balaban J connectivity index is 1.54. The SMILES string of the molecule is C[C@@H]1CC[C@@H](c2nc3cc(Cl)ccc3o2)CN1c1cccc(C=O)c1-c1ncccn1. The van der Waals surface area contributed by atoms with Crippen LogP contribution in [-0.4, -0.2) is 33.8 Å². The first-order valence-corrected chi connectivity index (χ1v) is 10.7. The van der Waals surface area contributed by atoms with E-state index < -0.39 is 0 Å². The number of piperidine rings is 1. The zero-order valence-electron chi connectivity index (χ0n) is 17.0. The van der Waals surface area contributed by atoms with Gasteiger partial charge < -0.3 is 9.32 Å². The minimum absolute atomic E-state index is 0.131. The second-order valence-corrected chi connectivity index (χ2v) is 8.31. The molecule has 1 fully saturated rings. The molecule has 6 nitrogen and oxygen atoms in total. The number of nitrogens with zero attached hydrogens (tertiary/aromatic N) is 4. The van der Waals surface area contributed by atoms with E-state index >= 15 is 0 Å². The summed E-state index contributed by atoms with van der Waals surface area (Å²) in [6.45, 7) is 2.93. The molecule has 1 aliphatic heterocycles. The van der Waals surface area contributed by atoms with Crippen molar-refractivity contribution in [3.05, 3.63) is 71.3 Å². The van der Waals surface area contributed by atoms with Crippen LogP contribution in [0.3, 0.4) is 0 Å². The summed E-state index contributed by atoms with van der Waals surface area (Å²) in [5.41, 5.74) is 3.80. The van der Waals surface area contributed by atoms with Crippen molar-refractivity contribution < 1.29 is 9.21 Å². The van der Waals surface area contributed by atoms with Crippen LogP contribution in [0.4, 0.5) is 5.69 Å². The maximum atomic E-state index is 11.8. The number of anilines is 1. The average molecular weight is 433 g/mol. The zero-order chi connectivity index (χ0) is 21.4. The molecule has 5 rings (SSSR count). The molecule has 7 heteroatoms. The van der Waals surface area contributed by atoms with Gasteiger partial charge in [0.25, 0.3) is 0 Å². The van der Waals surface area contributed by atoms with Crippen LogP contribution in [0.2, 0.25) is 5.02 Å². The molecule has 0 radical (unpaired) electrons. The van der Waals surface area contributed by atoms with Crippen molar-refractivity contribution in [1.29, 1.82) is 0 Å². The van der Waals surface area contributed by atoms with Gasteiger partial charge in [0.05, 0.1) is 11.5 Å². The number of carbonyl (C=O) groups excluding carboxylic acids is 1. The Morgan fingerprint density at radius 2 is 1.97 bits per heavy atom. The number of aromatic nitrogens is 3.